The second-order valence-corrected chi connectivity index (χ2v) is 3.42. The van der Waals surface area contributed by atoms with E-state index in [-0.39, 0.29) is 0 Å². The average Bonchev–Trinajstić information content (AvgIpc) is 2.74. The normalized spacial score (nSPS) is 15.5. The molecule has 0 saturated carbocycles. The number of nitrogens with one attached hydrogen (secondary N) is 2. The molecule has 0 aliphatic carbocycles. The average molecular weight is 181 g/mol. The second-order valence-electron chi connectivity index (χ2n) is 2.64. The summed E-state index contributed by atoms with van der Waals surface area (Å²) in [6.07, 6.45) is 0. The third-order valence-electron chi connectivity index (χ3n) is 1.71. The minimum Gasteiger partial charge on any atom is -0.355 e. The van der Waals surface area contributed by atoms with E-state index in [4.69, 9.17) is 0 Å². The van der Waals surface area contributed by atoms with Crippen molar-refractivity contribution in [1.29, 1.82) is 0 Å². The molecule has 1 aliphatic rings. The molecule has 0 amide bonds. The van der Waals surface area contributed by atoms with Crippen LogP contribution in [0.1, 0.15) is 5.56 Å². The van der Waals surface area contributed by atoms with Gasteiger partial charge in [-0.2, -0.15) is 11.3 Å². The fourth-order valence-electron chi connectivity index (χ4n) is 1.10. The van der Waals surface area contributed by atoms with E-state index >= 15 is 0 Å². The van der Waals surface area contributed by atoms with Crippen LogP contribution < -0.4 is 10.6 Å². The molecule has 0 bridgehead atoms. The minimum atomic E-state index is 0.870. The van der Waals surface area contributed by atoms with Crippen molar-refractivity contribution in [2.24, 2.45) is 4.99 Å². The Morgan fingerprint density at radius 3 is 3.33 bits per heavy atom. The largest absolute Gasteiger partial charge is 0.355 e. The van der Waals surface area contributed by atoms with Gasteiger partial charge in [-0.05, 0) is 22.4 Å². The van der Waals surface area contributed by atoms with Gasteiger partial charge in [0.25, 0.3) is 0 Å². The van der Waals surface area contributed by atoms with Crippen molar-refractivity contribution in [1.82, 2.24) is 10.6 Å². The van der Waals surface area contributed by atoms with Crippen LogP contribution >= 0.6 is 11.3 Å². The Bertz CT molecular complexity index is 266. The minimum absolute atomic E-state index is 0.870. The molecule has 2 rings (SSSR count). The molecule has 0 saturated heterocycles. The first-order chi connectivity index (χ1) is 5.95. The maximum atomic E-state index is 4.23. The summed E-state index contributed by atoms with van der Waals surface area (Å²) in [4.78, 5) is 4.23. The molecule has 12 heavy (non-hydrogen) atoms. The Labute approximate surface area is 75.5 Å². The number of thiophene rings is 1. The van der Waals surface area contributed by atoms with E-state index in [0.29, 0.717) is 0 Å². The zero-order chi connectivity index (χ0) is 8.23. The van der Waals surface area contributed by atoms with Gasteiger partial charge >= 0.3 is 0 Å². The Morgan fingerprint density at radius 2 is 2.67 bits per heavy atom. The summed E-state index contributed by atoms with van der Waals surface area (Å²) in [6.45, 7) is 2.73. The molecule has 0 spiro atoms. The summed E-state index contributed by atoms with van der Waals surface area (Å²) in [5.41, 5.74) is 1.32. The van der Waals surface area contributed by atoms with Crippen molar-refractivity contribution in [3.05, 3.63) is 22.4 Å². The monoisotopic (exact) mass is 181 g/mol. The van der Waals surface area contributed by atoms with Gasteiger partial charge < -0.3 is 10.6 Å². The van der Waals surface area contributed by atoms with Crippen molar-refractivity contribution in [2.45, 2.75) is 6.54 Å². The Kier molecular flexibility index (Phi) is 2.27. The summed E-state index contributed by atoms with van der Waals surface area (Å²) in [6, 6.07) is 2.12. The summed E-state index contributed by atoms with van der Waals surface area (Å²) in [5, 5.41) is 10.6. The Hall–Kier alpha value is -1.03. The predicted octanol–water partition coefficient (Wildman–Crippen LogP) is 0.797. The van der Waals surface area contributed by atoms with Crippen LogP contribution in [0.15, 0.2) is 21.8 Å². The molecule has 1 aliphatic heterocycles. The van der Waals surface area contributed by atoms with Crippen LogP contribution in [0.4, 0.5) is 0 Å². The molecule has 0 fully saturated rings. The van der Waals surface area contributed by atoms with Gasteiger partial charge in [0, 0.05) is 13.1 Å². The van der Waals surface area contributed by atoms with Crippen LogP contribution in [0.25, 0.3) is 0 Å². The van der Waals surface area contributed by atoms with Crippen molar-refractivity contribution in [3.8, 4) is 0 Å². The standard InChI is InChI=1S/C8H11N3S/c1-4-12-6-7(1)5-11-8-9-2-3-10-8/h1,4,6H,2-3,5H2,(H2,9,10,11). The third-order valence-corrected chi connectivity index (χ3v) is 2.45. The Balaban J connectivity index is 1.82. The van der Waals surface area contributed by atoms with Gasteiger partial charge in [0.1, 0.15) is 0 Å². The van der Waals surface area contributed by atoms with Crippen molar-refractivity contribution in [3.63, 3.8) is 0 Å². The summed E-state index contributed by atoms with van der Waals surface area (Å²) in [7, 11) is 0. The maximum absolute atomic E-state index is 4.23. The lowest BCUT2D eigenvalue weighted by Gasteiger charge is -2.03. The molecule has 0 atom stereocenters. The van der Waals surface area contributed by atoms with Gasteiger partial charge in [0.15, 0.2) is 5.96 Å². The molecule has 2 heterocycles. The first-order valence-electron chi connectivity index (χ1n) is 3.98. The third kappa shape index (κ3) is 1.76. The fraction of sp³-hybridized carbons (Fsp3) is 0.375. The van der Waals surface area contributed by atoms with Crippen LogP contribution in [0.3, 0.4) is 0 Å². The highest BCUT2D eigenvalue weighted by molar-refractivity contribution is 7.07. The number of guanidine groups is 1. The number of nitrogens with zero attached hydrogens (tertiary/aromatic N) is 1. The number of aliphatic imine (C=N–C) groups is 1. The second kappa shape index (κ2) is 3.58. The first-order valence-corrected chi connectivity index (χ1v) is 4.93. The van der Waals surface area contributed by atoms with Gasteiger partial charge in [-0.25, -0.2) is 0 Å². The molecule has 1 aromatic heterocycles. The maximum Gasteiger partial charge on any atom is 0.191 e. The van der Waals surface area contributed by atoms with E-state index in [0.717, 1.165) is 25.6 Å². The predicted molar refractivity (Wildman–Crippen MR) is 51.5 cm³/mol. The van der Waals surface area contributed by atoms with Crippen molar-refractivity contribution in [2.75, 3.05) is 13.1 Å². The molecule has 0 aromatic carbocycles. The molecule has 4 heteroatoms. The zero-order valence-corrected chi connectivity index (χ0v) is 7.53. The molecular weight excluding hydrogens is 170 g/mol. The van der Waals surface area contributed by atoms with Crippen LogP contribution in [-0.2, 0) is 6.54 Å². The highest BCUT2D eigenvalue weighted by atomic mass is 32.1. The molecular formula is C8H11N3S. The van der Waals surface area contributed by atoms with Gasteiger partial charge in [-0.15, -0.1) is 0 Å². The summed E-state index contributed by atoms with van der Waals surface area (Å²) < 4.78 is 0. The lowest BCUT2D eigenvalue weighted by Crippen LogP contribution is -2.32. The smallest absolute Gasteiger partial charge is 0.191 e. The van der Waals surface area contributed by atoms with Crippen LogP contribution in [0.5, 0.6) is 0 Å². The lowest BCUT2D eigenvalue weighted by atomic mass is 10.3. The molecule has 3 nitrogen and oxygen atoms in total. The van der Waals surface area contributed by atoms with Crippen molar-refractivity contribution >= 4 is 17.3 Å². The highest BCUT2D eigenvalue weighted by Gasteiger charge is 2.02. The topological polar surface area (TPSA) is 36.4 Å². The van der Waals surface area contributed by atoms with Crippen LogP contribution in [0, 0.1) is 0 Å². The molecule has 64 valence electrons. The van der Waals surface area contributed by atoms with E-state index in [1.165, 1.54) is 5.56 Å². The van der Waals surface area contributed by atoms with Crippen LogP contribution in [0.2, 0.25) is 0 Å². The van der Waals surface area contributed by atoms with Gasteiger partial charge in [-0.3, -0.25) is 4.99 Å². The highest BCUT2D eigenvalue weighted by Crippen LogP contribution is 2.04. The van der Waals surface area contributed by atoms with Crippen LogP contribution in [-0.4, -0.2) is 19.0 Å². The van der Waals surface area contributed by atoms with E-state index in [1.54, 1.807) is 11.3 Å². The summed E-state index contributed by atoms with van der Waals surface area (Å²) >= 11 is 1.72. The summed E-state index contributed by atoms with van der Waals surface area (Å²) in [5.74, 6) is 0.932. The van der Waals surface area contributed by atoms with Gasteiger partial charge in [0.05, 0.1) is 6.54 Å². The molecule has 0 unspecified atom stereocenters. The SMILES string of the molecule is c1cc(CNC2=NCCN2)cs1. The van der Waals surface area contributed by atoms with E-state index in [9.17, 15) is 0 Å². The fourth-order valence-corrected chi connectivity index (χ4v) is 1.76. The number of rotatable bonds is 2. The van der Waals surface area contributed by atoms with Gasteiger partial charge in [0.2, 0.25) is 0 Å². The van der Waals surface area contributed by atoms with E-state index in [1.807, 2.05) is 0 Å². The van der Waals surface area contributed by atoms with Gasteiger partial charge in [-0.1, -0.05) is 0 Å². The number of hydrogen-bond acceptors (Lipinski definition) is 4. The van der Waals surface area contributed by atoms with E-state index < -0.39 is 0 Å². The van der Waals surface area contributed by atoms with E-state index in [2.05, 4.69) is 32.5 Å². The zero-order valence-electron chi connectivity index (χ0n) is 6.71. The molecule has 0 radical (unpaired) electrons. The molecule has 2 N–H and O–H groups in total. The van der Waals surface area contributed by atoms with Crippen molar-refractivity contribution < 1.29 is 0 Å². The molecule has 1 aromatic rings. The Morgan fingerprint density at radius 1 is 1.67 bits per heavy atom. The quantitative estimate of drug-likeness (QED) is 0.708. The first kappa shape index (κ1) is 7.61. The lowest BCUT2D eigenvalue weighted by molar-refractivity contribution is 0.870. The number of hydrogen-bond donors (Lipinski definition) is 2.